The van der Waals surface area contributed by atoms with Crippen LogP contribution in [0.4, 0.5) is 0 Å². The fourth-order valence-electron chi connectivity index (χ4n) is 2.28. The van der Waals surface area contributed by atoms with Crippen LogP contribution < -0.4 is 0 Å². The van der Waals surface area contributed by atoms with E-state index in [1.807, 2.05) is 24.3 Å². The lowest BCUT2D eigenvalue weighted by molar-refractivity contribution is 0.560. The van der Waals surface area contributed by atoms with Gasteiger partial charge in [-0.2, -0.15) is 5.26 Å². The smallest absolute Gasteiger partial charge is 0.100 e. The Labute approximate surface area is 115 Å². The lowest BCUT2D eigenvalue weighted by atomic mass is 9.90. The molecule has 0 radical (unpaired) electrons. The molecule has 0 aliphatic rings. The van der Waals surface area contributed by atoms with Gasteiger partial charge in [-0.1, -0.05) is 68.8 Å². The highest BCUT2D eigenvalue weighted by Gasteiger charge is 2.11. The largest absolute Gasteiger partial charge is 0.192 e. The molecule has 0 aliphatic heterocycles. The highest BCUT2D eigenvalue weighted by molar-refractivity contribution is 5.72. The van der Waals surface area contributed by atoms with E-state index in [0.717, 1.165) is 29.5 Å². The van der Waals surface area contributed by atoms with Crippen molar-refractivity contribution in [1.82, 2.24) is 0 Å². The first-order valence-electron chi connectivity index (χ1n) is 6.83. The van der Waals surface area contributed by atoms with Crippen LogP contribution in [0.5, 0.6) is 0 Å². The Kier molecular flexibility index (Phi) is 4.36. The van der Waals surface area contributed by atoms with Gasteiger partial charge in [0.25, 0.3) is 0 Å². The maximum Gasteiger partial charge on any atom is 0.100 e. The molecule has 96 valence electrons. The summed E-state index contributed by atoms with van der Waals surface area (Å²) in [7, 11) is 0. The first kappa shape index (κ1) is 13.4. The van der Waals surface area contributed by atoms with E-state index in [2.05, 4.69) is 44.2 Å². The van der Waals surface area contributed by atoms with E-state index in [0.29, 0.717) is 5.92 Å². The Bertz CT molecular complexity index is 578. The topological polar surface area (TPSA) is 23.8 Å². The standard InChI is InChI=1S/C18H19N/c1-3-14(2)12-16-10-7-11-17(18(16)13-19)15-8-5-4-6-9-15/h4-11,14H,3,12H2,1-2H3. The van der Waals surface area contributed by atoms with Crippen LogP contribution in [0, 0.1) is 17.2 Å². The van der Waals surface area contributed by atoms with Crippen molar-refractivity contribution < 1.29 is 0 Å². The maximum absolute atomic E-state index is 9.50. The second kappa shape index (κ2) is 6.20. The molecule has 0 heterocycles. The van der Waals surface area contributed by atoms with E-state index < -0.39 is 0 Å². The average Bonchev–Trinajstić information content (AvgIpc) is 2.47. The van der Waals surface area contributed by atoms with Gasteiger partial charge in [0.15, 0.2) is 0 Å². The molecule has 0 aromatic heterocycles. The SMILES string of the molecule is CCC(C)Cc1cccc(-c2ccccc2)c1C#N. The summed E-state index contributed by atoms with van der Waals surface area (Å²) in [6.45, 7) is 4.42. The van der Waals surface area contributed by atoms with Gasteiger partial charge in [-0.25, -0.2) is 0 Å². The zero-order chi connectivity index (χ0) is 13.7. The quantitative estimate of drug-likeness (QED) is 0.762. The molecule has 19 heavy (non-hydrogen) atoms. The van der Waals surface area contributed by atoms with Gasteiger partial charge in [-0.15, -0.1) is 0 Å². The molecule has 1 atom stereocenters. The molecule has 0 fully saturated rings. The van der Waals surface area contributed by atoms with Gasteiger partial charge >= 0.3 is 0 Å². The van der Waals surface area contributed by atoms with Crippen molar-refractivity contribution in [2.75, 3.05) is 0 Å². The Balaban J connectivity index is 2.46. The summed E-state index contributed by atoms with van der Waals surface area (Å²) in [5.74, 6) is 0.609. The van der Waals surface area contributed by atoms with E-state index in [1.165, 1.54) is 5.56 Å². The van der Waals surface area contributed by atoms with Crippen LogP contribution in [0.3, 0.4) is 0 Å². The molecule has 0 saturated carbocycles. The molecular formula is C18H19N. The van der Waals surface area contributed by atoms with Gasteiger partial charge in [0.1, 0.15) is 6.07 Å². The fourth-order valence-corrected chi connectivity index (χ4v) is 2.28. The second-order valence-corrected chi connectivity index (χ2v) is 5.04. The van der Waals surface area contributed by atoms with Crippen molar-refractivity contribution in [3.05, 3.63) is 59.7 Å². The third kappa shape index (κ3) is 3.03. The molecule has 2 rings (SSSR count). The van der Waals surface area contributed by atoms with E-state index in [-0.39, 0.29) is 0 Å². The number of hydrogen-bond acceptors (Lipinski definition) is 1. The first-order chi connectivity index (χ1) is 9.26. The maximum atomic E-state index is 9.50. The number of benzene rings is 2. The highest BCUT2D eigenvalue weighted by Crippen LogP contribution is 2.27. The van der Waals surface area contributed by atoms with Crippen molar-refractivity contribution in [2.24, 2.45) is 5.92 Å². The summed E-state index contributed by atoms with van der Waals surface area (Å²) in [5, 5.41) is 9.50. The van der Waals surface area contributed by atoms with E-state index in [1.54, 1.807) is 0 Å². The van der Waals surface area contributed by atoms with Gasteiger partial charge in [0.05, 0.1) is 5.56 Å². The summed E-state index contributed by atoms with van der Waals surface area (Å²) < 4.78 is 0. The van der Waals surface area contributed by atoms with Crippen molar-refractivity contribution in [3.8, 4) is 17.2 Å². The molecule has 1 unspecified atom stereocenters. The lowest BCUT2D eigenvalue weighted by Gasteiger charge is -2.13. The Hall–Kier alpha value is -2.07. The summed E-state index contributed by atoms with van der Waals surface area (Å²) in [4.78, 5) is 0. The molecule has 0 N–H and O–H groups in total. The molecule has 1 heteroatoms. The van der Waals surface area contributed by atoms with Crippen LogP contribution in [0.15, 0.2) is 48.5 Å². The normalized spacial score (nSPS) is 11.8. The number of hydrogen-bond donors (Lipinski definition) is 0. The van der Waals surface area contributed by atoms with Crippen LogP contribution in [-0.2, 0) is 6.42 Å². The summed E-state index contributed by atoms with van der Waals surface area (Å²) >= 11 is 0. The lowest BCUT2D eigenvalue weighted by Crippen LogP contribution is -2.01. The summed E-state index contributed by atoms with van der Waals surface area (Å²) in [6.07, 6.45) is 2.11. The van der Waals surface area contributed by atoms with Crippen molar-refractivity contribution in [3.63, 3.8) is 0 Å². The predicted molar refractivity (Wildman–Crippen MR) is 79.8 cm³/mol. The van der Waals surface area contributed by atoms with Crippen molar-refractivity contribution in [2.45, 2.75) is 26.7 Å². The van der Waals surface area contributed by atoms with Gasteiger partial charge in [0, 0.05) is 0 Å². The Morgan fingerprint density at radius 3 is 2.42 bits per heavy atom. The minimum absolute atomic E-state index is 0.609. The third-order valence-electron chi connectivity index (χ3n) is 3.61. The minimum Gasteiger partial charge on any atom is -0.192 e. The van der Waals surface area contributed by atoms with Crippen LogP contribution in [0.25, 0.3) is 11.1 Å². The molecule has 0 bridgehead atoms. The average molecular weight is 249 g/mol. The van der Waals surface area contributed by atoms with Crippen molar-refractivity contribution in [1.29, 1.82) is 5.26 Å². The minimum atomic E-state index is 0.609. The van der Waals surface area contributed by atoms with Gasteiger partial charge in [-0.3, -0.25) is 0 Å². The Morgan fingerprint density at radius 2 is 1.79 bits per heavy atom. The molecule has 2 aromatic carbocycles. The van der Waals surface area contributed by atoms with E-state index in [4.69, 9.17) is 0 Å². The van der Waals surface area contributed by atoms with E-state index >= 15 is 0 Å². The van der Waals surface area contributed by atoms with Crippen LogP contribution in [0.2, 0.25) is 0 Å². The van der Waals surface area contributed by atoms with Gasteiger partial charge in [0.2, 0.25) is 0 Å². The molecule has 0 aliphatic carbocycles. The molecular weight excluding hydrogens is 230 g/mol. The Morgan fingerprint density at radius 1 is 1.05 bits per heavy atom. The van der Waals surface area contributed by atoms with Gasteiger partial charge < -0.3 is 0 Å². The second-order valence-electron chi connectivity index (χ2n) is 5.04. The molecule has 1 nitrogen and oxygen atoms in total. The predicted octanol–water partition coefficient (Wildman–Crippen LogP) is 4.81. The fraction of sp³-hybridized carbons (Fsp3) is 0.278. The summed E-state index contributed by atoms with van der Waals surface area (Å²) in [6, 6.07) is 18.7. The molecule has 0 spiro atoms. The van der Waals surface area contributed by atoms with Crippen molar-refractivity contribution >= 4 is 0 Å². The zero-order valence-corrected chi connectivity index (χ0v) is 11.6. The molecule has 2 aromatic rings. The summed E-state index contributed by atoms with van der Waals surface area (Å²) in [5.41, 5.74) is 4.15. The van der Waals surface area contributed by atoms with Crippen LogP contribution >= 0.6 is 0 Å². The molecule has 0 amide bonds. The zero-order valence-electron chi connectivity index (χ0n) is 11.6. The number of rotatable bonds is 4. The van der Waals surface area contributed by atoms with E-state index in [9.17, 15) is 5.26 Å². The number of nitriles is 1. The first-order valence-corrected chi connectivity index (χ1v) is 6.83. The molecule has 0 saturated heterocycles. The highest BCUT2D eigenvalue weighted by atomic mass is 14.3. The monoisotopic (exact) mass is 249 g/mol. The van der Waals surface area contributed by atoms with Crippen LogP contribution in [-0.4, -0.2) is 0 Å². The van der Waals surface area contributed by atoms with Crippen LogP contribution in [0.1, 0.15) is 31.4 Å². The van der Waals surface area contributed by atoms with Gasteiger partial charge in [-0.05, 0) is 29.0 Å². The third-order valence-corrected chi connectivity index (χ3v) is 3.61. The number of nitrogens with zero attached hydrogens (tertiary/aromatic N) is 1.